The van der Waals surface area contributed by atoms with Crippen molar-refractivity contribution in [2.24, 2.45) is 0 Å². The van der Waals surface area contributed by atoms with Crippen LogP contribution < -0.4 is 10.5 Å². The Morgan fingerprint density at radius 1 is 1.20 bits per heavy atom. The quantitative estimate of drug-likeness (QED) is 0.917. The maximum Gasteiger partial charge on any atom is 0.416 e. The fourth-order valence-corrected chi connectivity index (χ4v) is 1.81. The van der Waals surface area contributed by atoms with Crippen molar-refractivity contribution in [1.29, 1.82) is 0 Å². The minimum atomic E-state index is -4.44. The van der Waals surface area contributed by atoms with Gasteiger partial charge in [-0.1, -0.05) is 0 Å². The van der Waals surface area contributed by atoms with E-state index in [0.717, 1.165) is 12.1 Å². The molecule has 0 aliphatic heterocycles. The molecule has 5 nitrogen and oxygen atoms in total. The van der Waals surface area contributed by atoms with Crippen molar-refractivity contribution >= 4 is 5.95 Å². The molecule has 0 atom stereocenters. The van der Waals surface area contributed by atoms with Gasteiger partial charge in [-0.15, -0.1) is 10.2 Å². The zero-order chi connectivity index (χ0) is 14.9. The molecule has 0 bridgehead atoms. The van der Waals surface area contributed by atoms with Gasteiger partial charge < -0.3 is 10.5 Å². The van der Waals surface area contributed by atoms with Crippen molar-refractivity contribution < 1.29 is 17.9 Å². The van der Waals surface area contributed by atoms with Crippen molar-refractivity contribution in [3.63, 3.8) is 0 Å². The summed E-state index contributed by atoms with van der Waals surface area (Å²) >= 11 is 0. The van der Waals surface area contributed by atoms with Gasteiger partial charge in [0.25, 0.3) is 0 Å². The molecule has 0 spiro atoms. The predicted molar refractivity (Wildman–Crippen MR) is 66.0 cm³/mol. The van der Waals surface area contributed by atoms with E-state index in [0.29, 0.717) is 16.8 Å². The molecule has 2 rings (SSSR count). The standard InChI is InChI=1S/C12H11F3N4O/c1-6-3-7(12(13,14)15)4-9(20-2)10(6)8-5-17-11(16)19-18-8/h3-5H,1-2H3,(H2,16,17,19). The molecule has 20 heavy (non-hydrogen) atoms. The van der Waals surface area contributed by atoms with Crippen LogP contribution in [-0.4, -0.2) is 22.3 Å². The lowest BCUT2D eigenvalue weighted by molar-refractivity contribution is -0.137. The summed E-state index contributed by atoms with van der Waals surface area (Å²) in [6.45, 7) is 1.53. The van der Waals surface area contributed by atoms with Crippen molar-refractivity contribution in [2.75, 3.05) is 12.8 Å². The van der Waals surface area contributed by atoms with Crippen LogP contribution in [0.15, 0.2) is 18.3 Å². The second kappa shape index (κ2) is 4.95. The van der Waals surface area contributed by atoms with E-state index in [1.54, 1.807) is 0 Å². The van der Waals surface area contributed by atoms with Crippen molar-refractivity contribution in [3.05, 3.63) is 29.5 Å². The van der Waals surface area contributed by atoms with Gasteiger partial charge in [0.2, 0.25) is 5.95 Å². The predicted octanol–water partition coefficient (Wildman–Crippen LogP) is 2.46. The molecular weight excluding hydrogens is 273 g/mol. The minimum absolute atomic E-state index is 0.0164. The number of ether oxygens (including phenoxy) is 1. The lowest BCUT2D eigenvalue weighted by Gasteiger charge is -2.14. The molecule has 1 heterocycles. The Balaban J connectivity index is 2.62. The third-order valence-electron chi connectivity index (χ3n) is 2.68. The topological polar surface area (TPSA) is 73.9 Å². The Morgan fingerprint density at radius 2 is 1.90 bits per heavy atom. The van der Waals surface area contributed by atoms with Crippen LogP contribution in [-0.2, 0) is 6.18 Å². The molecule has 1 aromatic heterocycles. The number of hydrogen-bond donors (Lipinski definition) is 1. The highest BCUT2D eigenvalue weighted by atomic mass is 19.4. The van der Waals surface area contributed by atoms with Crippen LogP contribution in [0.2, 0.25) is 0 Å². The average Bonchev–Trinajstić information content (AvgIpc) is 2.38. The molecule has 2 N–H and O–H groups in total. The Bertz CT molecular complexity index is 626. The largest absolute Gasteiger partial charge is 0.496 e. The first-order chi connectivity index (χ1) is 9.32. The van der Waals surface area contributed by atoms with E-state index >= 15 is 0 Å². The highest BCUT2D eigenvalue weighted by Gasteiger charge is 2.32. The van der Waals surface area contributed by atoms with Crippen LogP contribution in [0.4, 0.5) is 19.1 Å². The monoisotopic (exact) mass is 284 g/mol. The molecule has 0 amide bonds. The number of hydrogen-bond acceptors (Lipinski definition) is 5. The summed E-state index contributed by atoms with van der Waals surface area (Å²) in [5.74, 6) is 0.0375. The highest BCUT2D eigenvalue weighted by molar-refractivity contribution is 5.71. The van der Waals surface area contributed by atoms with Gasteiger partial charge in [0.1, 0.15) is 11.4 Å². The van der Waals surface area contributed by atoms with Gasteiger partial charge in [0, 0.05) is 5.56 Å². The van der Waals surface area contributed by atoms with Gasteiger partial charge in [-0.2, -0.15) is 13.2 Å². The normalized spacial score (nSPS) is 11.4. The van der Waals surface area contributed by atoms with Crippen LogP contribution in [0, 0.1) is 6.92 Å². The number of nitrogen functional groups attached to an aromatic ring is 1. The molecule has 106 valence electrons. The van der Waals surface area contributed by atoms with Crippen LogP contribution >= 0.6 is 0 Å². The first-order valence-electron chi connectivity index (χ1n) is 5.54. The van der Waals surface area contributed by atoms with E-state index in [9.17, 15) is 13.2 Å². The van der Waals surface area contributed by atoms with Crippen LogP contribution in [0.5, 0.6) is 5.75 Å². The molecular formula is C12H11F3N4O. The van der Waals surface area contributed by atoms with E-state index < -0.39 is 11.7 Å². The number of methoxy groups -OCH3 is 1. The first kappa shape index (κ1) is 14.0. The lowest BCUT2D eigenvalue weighted by Crippen LogP contribution is -2.07. The molecule has 0 aliphatic rings. The Labute approximate surface area is 112 Å². The molecule has 1 aromatic carbocycles. The number of rotatable bonds is 2. The smallest absolute Gasteiger partial charge is 0.416 e. The zero-order valence-electron chi connectivity index (χ0n) is 10.7. The fourth-order valence-electron chi connectivity index (χ4n) is 1.81. The number of aromatic nitrogens is 3. The number of aryl methyl sites for hydroxylation is 1. The summed E-state index contributed by atoms with van der Waals surface area (Å²) in [4.78, 5) is 3.77. The Hall–Kier alpha value is -2.38. The van der Waals surface area contributed by atoms with Gasteiger partial charge >= 0.3 is 6.18 Å². The first-order valence-corrected chi connectivity index (χ1v) is 5.54. The summed E-state index contributed by atoms with van der Waals surface area (Å²) in [6, 6.07) is 1.94. The van der Waals surface area contributed by atoms with Crippen LogP contribution in [0.25, 0.3) is 11.3 Å². The third kappa shape index (κ3) is 2.63. The number of nitrogens with zero attached hydrogens (tertiary/aromatic N) is 3. The third-order valence-corrected chi connectivity index (χ3v) is 2.68. The molecule has 2 aromatic rings. The zero-order valence-corrected chi connectivity index (χ0v) is 10.7. The maximum atomic E-state index is 12.8. The Kier molecular flexibility index (Phi) is 3.47. The number of anilines is 1. The van der Waals surface area contributed by atoms with E-state index in [2.05, 4.69) is 15.2 Å². The summed E-state index contributed by atoms with van der Waals surface area (Å²) in [7, 11) is 1.29. The van der Waals surface area contributed by atoms with Gasteiger partial charge in [0.15, 0.2) is 0 Å². The molecule has 8 heteroatoms. The maximum absolute atomic E-state index is 12.8. The number of benzene rings is 1. The molecule has 0 saturated heterocycles. The molecule has 0 saturated carbocycles. The minimum Gasteiger partial charge on any atom is -0.496 e. The van der Waals surface area contributed by atoms with Crippen LogP contribution in [0.1, 0.15) is 11.1 Å². The molecule has 0 fully saturated rings. The van der Waals surface area contributed by atoms with Gasteiger partial charge in [-0.3, -0.25) is 0 Å². The van der Waals surface area contributed by atoms with E-state index in [-0.39, 0.29) is 11.7 Å². The SMILES string of the molecule is COc1cc(C(F)(F)F)cc(C)c1-c1cnc(N)nn1. The number of nitrogens with two attached hydrogens (primary N) is 1. The van der Waals surface area contributed by atoms with E-state index in [1.807, 2.05) is 0 Å². The van der Waals surface area contributed by atoms with Gasteiger partial charge in [-0.05, 0) is 24.6 Å². The van der Waals surface area contributed by atoms with Gasteiger partial charge in [-0.25, -0.2) is 4.98 Å². The van der Waals surface area contributed by atoms with E-state index in [4.69, 9.17) is 10.5 Å². The molecule has 0 unspecified atom stereocenters. The highest BCUT2D eigenvalue weighted by Crippen LogP contribution is 2.38. The second-order valence-corrected chi connectivity index (χ2v) is 4.07. The van der Waals surface area contributed by atoms with Crippen LogP contribution in [0.3, 0.4) is 0 Å². The molecule has 0 aliphatic carbocycles. The summed E-state index contributed by atoms with van der Waals surface area (Å²) in [5, 5.41) is 7.39. The van der Waals surface area contributed by atoms with E-state index in [1.165, 1.54) is 20.2 Å². The number of halogens is 3. The van der Waals surface area contributed by atoms with Gasteiger partial charge in [0.05, 0.1) is 18.9 Å². The average molecular weight is 284 g/mol. The summed E-state index contributed by atoms with van der Waals surface area (Å²) in [6.07, 6.45) is -3.11. The second-order valence-electron chi connectivity index (χ2n) is 4.07. The molecule has 0 radical (unpaired) electrons. The van der Waals surface area contributed by atoms with Crippen molar-refractivity contribution in [1.82, 2.24) is 15.2 Å². The van der Waals surface area contributed by atoms with Crippen molar-refractivity contribution in [2.45, 2.75) is 13.1 Å². The van der Waals surface area contributed by atoms with Crippen molar-refractivity contribution in [3.8, 4) is 17.0 Å². The fraction of sp³-hybridized carbons (Fsp3) is 0.250. The summed E-state index contributed by atoms with van der Waals surface area (Å²) in [5.41, 5.74) is 5.60. The number of alkyl halides is 3. The lowest BCUT2D eigenvalue weighted by atomic mass is 10.0. The summed E-state index contributed by atoms with van der Waals surface area (Å²) < 4.78 is 43.3. The Morgan fingerprint density at radius 3 is 2.40 bits per heavy atom.